The number of allylic oxidation sites excluding steroid dienone is 2. The first-order valence-electron chi connectivity index (χ1n) is 19.3. The van der Waals surface area contributed by atoms with Gasteiger partial charge in [0.1, 0.15) is 0 Å². The Labute approximate surface area is 327 Å². The fourth-order valence-electron chi connectivity index (χ4n) is 10.2. The van der Waals surface area contributed by atoms with Gasteiger partial charge >= 0.3 is 0 Å². The van der Waals surface area contributed by atoms with Crippen molar-refractivity contribution in [1.29, 1.82) is 10.8 Å². The zero-order valence-corrected chi connectivity index (χ0v) is 30.6. The fourth-order valence-corrected chi connectivity index (χ4v) is 10.2. The zero-order valence-electron chi connectivity index (χ0n) is 30.6. The summed E-state index contributed by atoms with van der Waals surface area (Å²) < 4.78 is 0. The number of nitrogens with one attached hydrogen (secondary N) is 2. The van der Waals surface area contributed by atoms with Crippen LogP contribution in [0.4, 0.5) is 0 Å². The van der Waals surface area contributed by atoms with Crippen LogP contribution in [0.15, 0.2) is 206 Å². The topological polar surface area (TPSA) is 47.7 Å². The summed E-state index contributed by atoms with van der Waals surface area (Å²) in [5, 5.41) is 17.3. The molecule has 0 unspecified atom stereocenters. The molecule has 0 atom stereocenters. The Kier molecular flexibility index (Phi) is 7.02. The van der Waals surface area contributed by atoms with Crippen LogP contribution in [-0.2, 0) is 10.8 Å². The lowest BCUT2D eigenvalue weighted by Crippen LogP contribution is -2.43. The predicted octanol–water partition coefficient (Wildman–Crippen LogP) is 12.4. The van der Waals surface area contributed by atoms with Crippen molar-refractivity contribution in [2.24, 2.45) is 0 Å². The Bertz CT molecular complexity index is 2860. The van der Waals surface area contributed by atoms with Crippen LogP contribution in [-0.4, -0.2) is 11.4 Å². The molecule has 0 bridgehead atoms. The summed E-state index contributed by atoms with van der Waals surface area (Å²) in [4.78, 5) is 0. The quantitative estimate of drug-likeness (QED) is 0.167. The van der Waals surface area contributed by atoms with Gasteiger partial charge in [0.25, 0.3) is 0 Å². The Morgan fingerprint density at radius 3 is 1.11 bits per heavy atom. The SMILES string of the molecule is N=C(/C=C\C(=N)c1ccc(-c2ccc3c(c2)C2(c4ccccc4-c4ccccc42)c2ccccc2C32c3ccccc3-c3ccccc32)cc1)c1ccccc1. The van der Waals surface area contributed by atoms with Gasteiger partial charge in [0, 0.05) is 0 Å². The van der Waals surface area contributed by atoms with Crippen LogP contribution < -0.4 is 0 Å². The Balaban J connectivity index is 1.14. The molecule has 8 aromatic rings. The third kappa shape index (κ3) is 4.27. The molecule has 0 fully saturated rings. The Morgan fingerprint density at radius 2 is 0.643 bits per heavy atom. The molecule has 262 valence electrons. The highest BCUT2D eigenvalue weighted by Crippen LogP contribution is 2.67. The summed E-state index contributed by atoms with van der Waals surface area (Å²) in [6.07, 6.45) is 3.43. The van der Waals surface area contributed by atoms with E-state index in [2.05, 4.69) is 152 Å². The Morgan fingerprint density at radius 1 is 0.304 bits per heavy atom. The van der Waals surface area contributed by atoms with Crippen molar-refractivity contribution in [2.75, 3.05) is 0 Å². The first-order chi connectivity index (χ1) is 27.6. The predicted molar refractivity (Wildman–Crippen MR) is 229 cm³/mol. The van der Waals surface area contributed by atoms with E-state index in [1.54, 1.807) is 12.2 Å². The maximum absolute atomic E-state index is 8.83. The van der Waals surface area contributed by atoms with E-state index in [0.29, 0.717) is 11.4 Å². The van der Waals surface area contributed by atoms with Gasteiger partial charge in [-0.3, -0.25) is 0 Å². The second kappa shape index (κ2) is 12.2. The van der Waals surface area contributed by atoms with E-state index < -0.39 is 10.8 Å². The van der Waals surface area contributed by atoms with E-state index in [9.17, 15) is 0 Å². The van der Waals surface area contributed by atoms with E-state index >= 15 is 0 Å². The Hall–Kier alpha value is -7.16. The highest BCUT2D eigenvalue weighted by molar-refractivity contribution is 6.14. The number of fused-ring (bicyclic) bond motifs is 16. The van der Waals surface area contributed by atoms with Gasteiger partial charge in [-0.1, -0.05) is 188 Å². The van der Waals surface area contributed by atoms with Gasteiger partial charge in [-0.15, -0.1) is 0 Å². The van der Waals surface area contributed by atoms with Crippen LogP contribution in [0.3, 0.4) is 0 Å². The van der Waals surface area contributed by atoms with E-state index in [-0.39, 0.29) is 0 Å². The minimum Gasteiger partial charge on any atom is -0.300 e. The molecule has 0 aromatic heterocycles. The standard InChI is InChI=1S/C54H36N2/c55-51(36-14-2-1-3-15-36)32-33-52(56)37-28-26-35(27-29-37)38-30-31-49-50(34-38)54(45-22-10-6-18-41(45)42-19-7-11-23-46(42)54)48-25-13-12-24-47(48)53(49)43-20-8-4-16-39(43)40-17-5-9-21-44(40)53/h1-34,55-56H/b33-32-,55-51?,56-52?. The van der Waals surface area contributed by atoms with Gasteiger partial charge in [0.15, 0.2) is 0 Å². The van der Waals surface area contributed by atoms with Gasteiger partial charge in [0.05, 0.1) is 22.3 Å². The minimum atomic E-state index is -0.539. The molecular formula is C54H36N2. The highest BCUT2D eigenvalue weighted by atomic mass is 14.6. The number of rotatable bonds is 5. The summed E-state index contributed by atoms with van der Waals surface area (Å²) in [7, 11) is 0. The first kappa shape index (κ1) is 32.3. The second-order valence-electron chi connectivity index (χ2n) is 15.1. The summed E-state index contributed by atoms with van der Waals surface area (Å²) in [5.41, 5.74) is 19.3. The monoisotopic (exact) mass is 712 g/mol. The molecule has 0 aliphatic heterocycles. The van der Waals surface area contributed by atoms with Crippen molar-refractivity contribution in [2.45, 2.75) is 10.8 Å². The molecule has 0 heterocycles. The van der Waals surface area contributed by atoms with Gasteiger partial charge < -0.3 is 10.8 Å². The normalized spacial score (nSPS) is 14.4. The molecule has 11 rings (SSSR count). The molecule has 0 saturated carbocycles. The lowest BCUT2D eigenvalue weighted by molar-refractivity contribution is 0.633. The lowest BCUT2D eigenvalue weighted by atomic mass is 9.52. The van der Waals surface area contributed by atoms with Crippen LogP contribution in [0, 0.1) is 10.8 Å². The lowest BCUT2D eigenvalue weighted by Gasteiger charge is -2.49. The number of hydrogen-bond donors (Lipinski definition) is 2. The highest BCUT2D eigenvalue weighted by Gasteiger charge is 2.58. The molecule has 3 aliphatic rings. The molecule has 0 radical (unpaired) electrons. The van der Waals surface area contributed by atoms with Crippen molar-refractivity contribution < 1.29 is 0 Å². The molecule has 0 saturated heterocycles. The van der Waals surface area contributed by atoms with Gasteiger partial charge in [-0.05, 0) is 107 Å². The maximum Gasteiger partial charge on any atom is 0.0720 e. The molecule has 8 aromatic carbocycles. The van der Waals surface area contributed by atoms with Crippen molar-refractivity contribution in [3.05, 3.63) is 262 Å². The fraction of sp³-hybridized carbons (Fsp3) is 0.0370. The number of benzene rings is 8. The number of hydrogen-bond acceptors (Lipinski definition) is 2. The summed E-state index contributed by atoms with van der Waals surface area (Å²) >= 11 is 0. The van der Waals surface area contributed by atoms with E-state index in [1.165, 1.54) is 66.8 Å². The second-order valence-corrected chi connectivity index (χ2v) is 15.1. The first-order valence-corrected chi connectivity index (χ1v) is 19.3. The van der Waals surface area contributed by atoms with E-state index in [1.807, 2.05) is 42.5 Å². The molecule has 3 aliphatic carbocycles. The molecule has 2 heteroatoms. The smallest absolute Gasteiger partial charge is 0.0720 e. The third-order valence-electron chi connectivity index (χ3n) is 12.5. The van der Waals surface area contributed by atoms with Crippen molar-refractivity contribution in [1.82, 2.24) is 0 Å². The van der Waals surface area contributed by atoms with E-state index in [4.69, 9.17) is 10.8 Å². The summed E-state index contributed by atoms with van der Waals surface area (Å²) in [6, 6.07) is 70.5. The maximum atomic E-state index is 8.83. The van der Waals surface area contributed by atoms with Crippen LogP contribution in [0.1, 0.15) is 55.6 Å². The molecule has 2 N–H and O–H groups in total. The zero-order chi connectivity index (χ0) is 37.4. The third-order valence-corrected chi connectivity index (χ3v) is 12.5. The summed E-state index contributed by atoms with van der Waals surface area (Å²) in [5.74, 6) is 0. The van der Waals surface area contributed by atoms with Crippen LogP contribution in [0.5, 0.6) is 0 Å². The van der Waals surface area contributed by atoms with E-state index in [0.717, 1.165) is 22.3 Å². The van der Waals surface area contributed by atoms with Gasteiger partial charge in [-0.25, -0.2) is 0 Å². The van der Waals surface area contributed by atoms with Crippen molar-refractivity contribution >= 4 is 11.4 Å². The summed E-state index contributed by atoms with van der Waals surface area (Å²) in [6.45, 7) is 0. The van der Waals surface area contributed by atoms with Gasteiger partial charge in [-0.2, -0.15) is 0 Å². The molecule has 2 nitrogen and oxygen atoms in total. The largest absolute Gasteiger partial charge is 0.300 e. The van der Waals surface area contributed by atoms with Crippen LogP contribution >= 0.6 is 0 Å². The molecule has 2 spiro atoms. The van der Waals surface area contributed by atoms with Crippen LogP contribution in [0.25, 0.3) is 33.4 Å². The minimum absolute atomic E-state index is 0.373. The average Bonchev–Trinajstić information content (AvgIpc) is 3.73. The van der Waals surface area contributed by atoms with Gasteiger partial charge in [0.2, 0.25) is 0 Å². The van der Waals surface area contributed by atoms with Crippen molar-refractivity contribution in [3.63, 3.8) is 0 Å². The van der Waals surface area contributed by atoms with Crippen LogP contribution in [0.2, 0.25) is 0 Å². The molecule has 0 amide bonds. The average molecular weight is 713 g/mol. The van der Waals surface area contributed by atoms with Crippen molar-refractivity contribution in [3.8, 4) is 33.4 Å². The molecule has 56 heavy (non-hydrogen) atoms. The molecular weight excluding hydrogens is 677 g/mol.